The van der Waals surface area contributed by atoms with Crippen molar-refractivity contribution in [1.82, 2.24) is 4.98 Å². The minimum absolute atomic E-state index is 0.292. The molecule has 0 saturated carbocycles. The topological polar surface area (TPSA) is 92.2 Å². The number of pyridine rings is 1. The molecule has 0 amide bonds. The van der Waals surface area contributed by atoms with Crippen molar-refractivity contribution in [2.24, 2.45) is 0 Å². The van der Waals surface area contributed by atoms with E-state index in [4.69, 9.17) is 15.7 Å². The number of rotatable bonds is 6. The first-order chi connectivity index (χ1) is 9.15. The lowest BCUT2D eigenvalue weighted by Gasteiger charge is -2.22. The number of carbonyl (C=O) groups excluding carboxylic acids is 1. The van der Waals surface area contributed by atoms with Gasteiger partial charge in [0.1, 0.15) is 0 Å². The van der Waals surface area contributed by atoms with Crippen LogP contribution in [-0.4, -0.2) is 30.6 Å². The average molecular weight is 262 g/mol. The number of aromatic nitrogens is 1. The Morgan fingerprint density at radius 1 is 1.58 bits per heavy atom. The lowest BCUT2D eigenvalue weighted by Crippen LogP contribution is -2.26. The van der Waals surface area contributed by atoms with E-state index in [1.165, 1.54) is 12.3 Å². The monoisotopic (exact) mass is 262 g/mol. The highest BCUT2D eigenvalue weighted by molar-refractivity contribution is 5.97. The standard InChI is InChI=1S/C13H18N4O2/c1-3-17(9-5-7-14)12-11(15)10(6-8-16-12)13(18)19-4-2/h6,8H,3-5,9,15H2,1-2H3. The van der Waals surface area contributed by atoms with Gasteiger partial charge in [-0.25, -0.2) is 9.78 Å². The zero-order chi connectivity index (χ0) is 14.3. The number of carbonyl (C=O) groups is 1. The lowest BCUT2D eigenvalue weighted by atomic mass is 10.2. The van der Waals surface area contributed by atoms with E-state index in [-0.39, 0.29) is 0 Å². The summed E-state index contributed by atoms with van der Waals surface area (Å²) in [5.74, 6) is 0.0586. The van der Waals surface area contributed by atoms with Crippen LogP contribution >= 0.6 is 0 Å². The normalized spacial score (nSPS) is 9.74. The Hall–Kier alpha value is -2.29. The molecule has 0 aliphatic heterocycles. The minimum Gasteiger partial charge on any atom is -0.462 e. The van der Waals surface area contributed by atoms with Crippen LogP contribution in [0.2, 0.25) is 0 Å². The predicted octanol–water partition coefficient (Wildman–Crippen LogP) is 1.58. The van der Waals surface area contributed by atoms with Gasteiger partial charge >= 0.3 is 5.97 Å². The van der Waals surface area contributed by atoms with Gasteiger partial charge in [0.05, 0.1) is 30.3 Å². The zero-order valence-corrected chi connectivity index (χ0v) is 11.2. The van der Waals surface area contributed by atoms with Gasteiger partial charge in [-0.1, -0.05) is 0 Å². The Balaban J connectivity index is 3.05. The Bertz CT molecular complexity index is 482. The summed E-state index contributed by atoms with van der Waals surface area (Å²) in [6, 6.07) is 3.61. The maximum atomic E-state index is 11.7. The van der Waals surface area contributed by atoms with Crippen molar-refractivity contribution in [3.05, 3.63) is 17.8 Å². The summed E-state index contributed by atoms with van der Waals surface area (Å²) in [5, 5.41) is 8.64. The molecule has 1 rings (SSSR count). The molecule has 2 N–H and O–H groups in total. The van der Waals surface area contributed by atoms with E-state index in [0.717, 1.165) is 0 Å². The van der Waals surface area contributed by atoms with E-state index >= 15 is 0 Å². The molecule has 6 nitrogen and oxygen atoms in total. The number of anilines is 2. The molecule has 0 radical (unpaired) electrons. The van der Waals surface area contributed by atoms with E-state index in [1.54, 1.807) is 6.92 Å². The molecule has 1 heterocycles. The average Bonchev–Trinajstić information content (AvgIpc) is 2.41. The maximum Gasteiger partial charge on any atom is 0.340 e. The largest absolute Gasteiger partial charge is 0.462 e. The summed E-state index contributed by atoms with van der Waals surface area (Å²) in [6.07, 6.45) is 1.89. The second-order valence-electron chi connectivity index (χ2n) is 3.80. The Morgan fingerprint density at radius 2 is 2.32 bits per heavy atom. The van der Waals surface area contributed by atoms with Crippen molar-refractivity contribution in [2.75, 3.05) is 30.3 Å². The summed E-state index contributed by atoms with van der Waals surface area (Å²) in [4.78, 5) is 17.8. The van der Waals surface area contributed by atoms with Gasteiger partial charge in [0.25, 0.3) is 0 Å². The first-order valence-electron chi connectivity index (χ1n) is 6.19. The van der Waals surface area contributed by atoms with Crippen molar-refractivity contribution in [1.29, 1.82) is 5.26 Å². The van der Waals surface area contributed by atoms with Crippen LogP contribution in [-0.2, 0) is 4.74 Å². The Morgan fingerprint density at radius 3 is 2.89 bits per heavy atom. The van der Waals surface area contributed by atoms with Gasteiger partial charge in [-0.2, -0.15) is 5.26 Å². The zero-order valence-electron chi connectivity index (χ0n) is 11.2. The molecule has 0 bridgehead atoms. The number of nitrogens with zero attached hydrogens (tertiary/aromatic N) is 3. The lowest BCUT2D eigenvalue weighted by molar-refractivity contribution is 0.0527. The number of nitrogen functional groups attached to an aromatic ring is 1. The van der Waals surface area contributed by atoms with Crippen LogP contribution in [0, 0.1) is 11.3 Å². The SMILES string of the molecule is CCOC(=O)c1ccnc(N(CC)CCC#N)c1N. The van der Waals surface area contributed by atoms with Gasteiger partial charge in [0.15, 0.2) is 5.82 Å². The third-order valence-corrected chi connectivity index (χ3v) is 2.64. The molecule has 1 aromatic heterocycles. The van der Waals surface area contributed by atoms with Crippen LogP contribution in [0.4, 0.5) is 11.5 Å². The van der Waals surface area contributed by atoms with Gasteiger partial charge in [0, 0.05) is 19.3 Å². The number of nitriles is 1. The first-order valence-corrected chi connectivity index (χ1v) is 6.19. The van der Waals surface area contributed by atoms with Gasteiger partial charge in [-0.05, 0) is 19.9 Å². The second kappa shape index (κ2) is 7.21. The van der Waals surface area contributed by atoms with E-state index < -0.39 is 5.97 Å². The molecule has 0 spiro atoms. The van der Waals surface area contributed by atoms with Crippen molar-refractivity contribution in [2.45, 2.75) is 20.3 Å². The van der Waals surface area contributed by atoms with Crippen LogP contribution in [0.15, 0.2) is 12.3 Å². The smallest absolute Gasteiger partial charge is 0.340 e. The number of nitrogens with two attached hydrogens (primary N) is 1. The fourth-order valence-electron chi connectivity index (χ4n) is 1.70. The summed E-state index contributed by atoms with van der Waals surface area (Å²) in [7, 11) is 0. The van der Waals surface area contributed by atoms with Gasteiger partial charge in [0.2, 0.25) is 0 Å². The summed E-state index contributed by atoms with van der Waals surface area (Å²) in [5.41, 5.74) is 6.57. The van der Waals surface area contributed by atoms with Crippen LogP contribution in [0.1, 0.15) is 30.6 Å². The summed E-state index contributed by atoms with van der Waals surface area (Å²) >= 11 is 0. The van der Waals surface area contributed by atoms with E-state index in [1.807, 2.05) is 11.8 Å². The van der Waals surface area contributed by atoms with Crippen LogP contribution in [0.3, 0.4) is 0 Å². The van der Waals surface area contributed by atoms with E-state index in [2.05, 4.69) is 11.1 Å². The van der Waals surface area contributed by atoms with Crippen molar-refractivity contribution < 1.29 is 9.53 Å². The summed E-state index contributed by atoms with van der Waals surface area (Å²) in [6.45, 7) is 5.15. The van der Waals surface area contributed by atoms with Crippen molar-refractivity contribution in [3.63, 3.8) is 0 Å². The van der Waals surface area contributed by atoms with Gasteiger partial charge in [-0.3, -0.25) is 0 Å². The predicted molar refractivity (Wildman–Crippen MR) is 72.7 cm³/mol. The molecule has 1 aromatic rings. The van der Waals surface area contributed by atoms with Crippen molar-refractivity contribution in [3.8, 4) is 6.07 Å². The minimum atomic E-state index is -0.458. The molecule has 0 aromatic carbocycles. The molecule has 0 aliphatic carbocycles. The summed E-state index contributed by atoms with van der Waals surface area (Å²) < 4.78 is 4.94. The Labute approximate surface area is 112 Å². The molecular weight excluding hydrogens is 244 g/mol. The first kappa shape index (κ1) is 14.8. The quantitative estimate of drug-likeness (QED) is 0.782. The highest BCUT2D eigenvalue weighted by atomic mass is 16.5. The molecular formula is C13H18N4O2. The van der Waals surface area contributed by atoms with E-state index in [9.17, 15) is 4.79 Å². The second-order valence-corrected chi connectivity index (χ2v) is 3.80. The number of hydrogen-bond donors (Lipinski definition) is 1. The molecule has 0 fully saturated rings. The third-order valence-electron chi connectivity index (χ3n) is 2.64. The molecule has 0 aliphatic rings. The number of ether oxygens (including phenoxy) is 1. The van der Waals surface area contributed by atoms with Crippen LogP contribution in [0.25, 0.3) is 0 Å². The molecule has 102 valence electrons. The highest BCUT2D eigenvalue weighted by Crippen LogP contribution is 2.24. The molecule has 0 unspecified atom stereocenters. The fraction of sp³-hybridized carbons (Fsp3) is 0.462. The third kappa shape index (κ3) is 3.58. The molecule has 0 saturated heterocycles. The highest BCUT2D eigenvalue weighted by Gasteiger charge is 2.17. The number of esters is 1. The molecule has 19 heavy (non-hydrogen) atoms. The van der Waals surface area contributed by atoms with Gasteiger partial charge < -0.3 is 15.4 Å². The maximum absolute atomic E-state index is 11.7. The van der Waals surface area contributed by atoms with Crippen LogP contribution < -0.4 is 10.6 Å². The van der Waals surface area contributed by atoms with Crippen LogP contribution in [0.5, 0.6) is 0 Å². The van der Waals surface area contributed by atoms with Crippen molar-refractivity contribution >= 4 is 17.5 Å². The molecule has 0 atom stereocenters. The Kier molecular flexibility index (Phi) is 5.61. The molecule has 6 heteroatoms. The fourth-order valence-corrected chi connectivity index (χ4v) is 1.70. The van der Waals surface area contributed by atoms with E-state index in [0.29, 0.717) is 43.2 Å². The number of hydrogen-bond acceptors (Lipinski definition) is 6. The van der Waals surface area contributed by atoms with Gasteiger partial charge in [-0.15, -0.1) is 0 Å².